The first-order valence-electron chi connectivity index (χ1n) is 7.33. The van der Waals surface area contributed by atoms with Crippen molar-refractivity contribution < 1.29 is 0 Å². The quantitative estimate of drug-likeness (QED) is 0.856. The van der Waals surface area contributed by atoms with E-state index < -0.39 is 0 Å². The van der Waals surface area contributed by atoms with Crippen molar-refractivity contribution in [2.24, 2.45) is 0 Å². The van der Waals surface area contributed by atoms with Gasteiger partial charge >= 0.3 is 0 Å². The fourth-order valence-corrected chi connectivity index (χ4v) is 3.18. The molecule has 1 aliphatic carbocycles. The maximum absolute atomic E-state index is 3.29. The first kappa shape index (κ1) is 13.7. The molecule has 0 saturated heterocycles. The Bertz CT molecular complexity index is 529. The van der Waals surface area contributed by atoms with Crippen molar-refractivity contribution in [3.63, 3.8) is 0 Å². The summed E-state index contributed by atoms with van der Waals surface area (Å²) in [6.45, 7) is 3.23. The first-order chi connectivity index (χ1) is 9.78. The van der Waals surface area contributed by atoms with Gasteiger partial charge in [0.15, 0.2) is 0 Å². The van der Waals surface area contributed by atoms with Gasteiger partial charge in [0.1, 0.15) is 0 Å². The van der Waals surface area contributed by atoms with Crippen molar-refractivity contribution in [2.45, 2.75) is 38.4 Å². The minimum atomic E-state index is 0.412. The lowest BCUT2D eigenvalue weighted by Crippen LogP contribution is -2.24. The Labute approximate surface area is 125 Å². The predicted molar refractivity (Wildman–Crippen MR) is 87.4 cm³/mol. The van der Waals surface area contributed by atoms with Crippen LogP contribution in [0.1, 0.15) is 36.9 Å². The van der Waals surface area contributed by atoms with Crippen molar-refractivity contribution >= 4 is 17.0 Å². The minimum absolute atomic E-state index is 0.412. The molecular formula is C17H22N2S. The van der Waals surface area contributed by atoms with Gasteiger partial charge in [-0.15, -0.1) is 0 Å². The summed E-state index contributed by atoms with van der Waals surface area (Å²) >= 11 is 1.78. The third-order valence-corrected chi connectivity index (χ3v) is 4.81. The highest BCUT2D eigenvalue weighted by Crippen LogP contribution is 2.33. The highest BCUT2D eigenvalue weighted by molar-refractivity contribution is 7.07. The summed E-state index contributed by atoms with van der Waals surface area (Å²) in [6.07, 6.45) is 2.66. The van der Waals surface area contributed by atoms with Crippen LogP contribution in [0.4, 0.5) is 5.69 Å². The minimum Gasteiger partial charge on any atom is -0.364 e. The Kier molecular flexibility index (Phi) is 4.08. The fraction of sp³-hybridized carbons (Fsp3) is 0.412. The second-order valence-corrected chi connectivity index (χ2v) is 6.37. The molecule has 0 amide bonds. The van der Waals surface area contributed by atoms with Crippen molar-refractivity contribution in [3.05, 3.63) is 52.2 Å². The predicted octanol–water partition coefficient (Wildman–Crippen LogP) is 4.20. The van der Waals surface area contributed by atoms with Crippen molar-refractivity contribution in [1.82, 2.24) is 5.32 Å². The van der Waals surface area contributed by atoms with Crippen LogP contribution < -0.4 is 10.2 Å². The van der Waals surface area contributed by atoms with Crippen LogP contribution >= 0.6 is 11.3 Å². The Morgan fingerprint density at radius 1 is 1.25 bits per heavy atom. The number of benzene rings is 1. The van der Waals surface area contributed by atoms with Gasteiger partial charge in [0.2, 0.25) is 0 Å². The molecule has 1 aromatic heterocycles. The first-order valence-corrected chi connectivity index (χ1v) is 8.27. The Balaban J connectivity index is 1.77. The molecule has 20 heavy (non-hydrogen) atoms. The maximum atomic E-state index is 3.29. The number of anilines is 1. The zero-order valence-corrected chi connectivity index (χ0v) is 13.0. The van der Waals surface area contributed by atoms with E-state index in [0.717, 1.165) is 12.6 Å². The third-order valence-electron chi connectivity index (χ3n) is 4.08. The van der Waals surface area contributed by atoms with Crippen molar-refractivity contribution in [2.75, 3.05) is 11.9 Å². The van der Waals surface area contributed by atoms with E-state index in [1.165, 1.54) is 29.7 Å². The lowest BCUT2D eigenvalue weighted by atomic mass is 10.1. The average molecular weight is 286 g/mol. The van der Waals surface area contributed by atoms with Gasteiger partial charge < -0.3 is 10.2 Å². The summed E-state index contributed by atoms with van der Waals surface area (Å²) in [5.74, 6) is 0. The average Bonchev–Trinajstić information content (AvgIpc) is 3.21. The highest BCUT2D eigenvalue weighted by Gasteiger charge is 2.29. The number of hydrogen-bond acceptors (Lipinski definition) is 3. The van der Waals surface area contributed by atoms with E-state index in [1.54, 1.807) is 11.3 Å². The molecule has 106 valence electrons. The molecule has 0 radical (unpaired) electrons. The van der Waals surface area contributed by atoms with Crippen LogP contribution in [0.5, 0.6) is 0 Å². The third kappa shape index (κ3) is 3.05. The van der Waals surface area contributed by atoms with Crippen LogP contribution in [0.15, 0.2) is 41.1 Å². The molecule has 2 aromatic rings. The lowest BCUT2D eigenvalue weighted by molar-refractivity contribution is 0.652. The molecule has 0 bridgehead atoms. The summed E-state index contributed by atoms with van der Waals surface area (Å²) in [6, 6.07) is 12.4. The SMILES string of the molecule is CNC(C)c1ccc(N(Cc2ccsc2)C2CC2)cc1. The van der Waals surface area contributed by atoms with E-state index in [0.29, 0.717) is 6.04 Å². The summed E-state index contributed by atoms with van der Waals surface area (Å²) in [7, 11) is 2.01. The van der Waals surface area contributed by atoms with Crippen LogP contribution in [0.3, 0.4) is 0 Å². The van der Waals surface area contributed by atoms with E-state index in [9.17, 15) is 0 Å². The molecule has 3 rings (SSSR count). The van der Waals surface area contributed by atoms with E-state index >= 15 is 0 Å². The standard InChI is InChI=1S/C17H22N2S/c1-13(18-2)15-3-5-16(6-4-15)19(17-7-8-17)11-14-9-10-20-12-14/h3-6,9-10,12-13,17-18H,7-8,11H2,1-2H3. The summed E-state index contributed by atoms with van der Waals surface area (Å²) < 4.78 is 0. The second-order valence-electron chi connectivity index (χ2n) is 5.59. The number of thiophene rings is 1. The monoisotopic (exact) mass is 286 g/mol. The summed E-state index contributed by atoms with van der Waals surface area (Å²) in [5, 5.41) is 7.71. The Morgan fingerprint density at radius 2 is 2.00 bits per heavy atom. The maximum Gasteiger partial charge on any atom is 0.0440 e. The molecule has 1 heterocycles. The second kappa shape index (κ2) is 5.98. The molecular weight excluding hydrogens is 264 g/mol. The molecule has 1 saturated carbocycles. The number of rotatable bonds is 6. The summed E-state index contributed by atoms with van der Waals surface area (Å²) in [4.78, 5) is 2.55. The summed E-state index contributed by atoms with van der Waals surface area (Å²) in [5.41, 5.74) is 4.13. The van der Waals surface area contributed by atoms with Gasteiger partial charge in [-0.1, -0.05) is 12.1 Å². The van der Waals surface area contributed by atoms with Crippen LogP contribution in [0, 0.1) is 0 Å². The molecule has 0 aliphatic heterocycles. The number of nitrogens with one attached hydrogen (secondary N) is 1. The largest absolute Gasteiger partial charge is 0.364 e. The van der Waals surface area contributed by atoms with Crippen LogP contribution in [0.2, 0.25) is 0 Å². The van der Waals surface area contributed by atoms with E-state index in [1.807, 2.05) is 7.05 Å². The molecule has 1 atom stereocenters. The zero-order chi connectivity index (χ0) is 13.9. The van der Waals surface area contributed by atoms with Gasteiger partial charge in [-0.2, -0.15) is 11.3 Å². The molecule has 1 aromatic carbocycles. The Hall–Kier alpha value is -1.32. The number of hydrogen-bond donors (Lipinski definition) is 1. The molecule has 1 aliphatic rings. The van der Waals surface area contributed by atoms with Crippen LogP contribution in [-0.4, -0.2) is 13.1 Å². The lowest BCUT2D eigenvalue weighted by Gasteiger charge is -2.25. The molecule has 3 heteroatoms. The Morgan fingerprint density at radius 3 is 2.55 bits per heavy atom. The number of nitrogens with zero attached hydrogens (tertiary/aromatic N) is 1. The van der Waals surface area contributed by atoms with Gasteiger partial charge in [0, 0.05) is 24.3 Å². The zero-order valence-electron chi connectivity index (χ0n) is 12.2. The fourth-order valence-electron chi connectivity index (χ4n) is 2.52. The van der Waals surface area contributed by atoms with E-state index in [-0.39, 0.29) is 0 Å². The topological polar surface area (TPSA) is 15.3 Å². The van der Waals surface area contributed by atoms with Gasteiger partial charge in [-0.05, 0) is 66.9 Å². The van der Waals surface area contributed by atoms with E-state index in [4.69, 9.17) is 0 Å². The molecule has 0 spiro atoms. The van der Waals surface area contributed by atoms with Crippen molar-refractivity contribution in [3.8, 4) is 0 Å². The van der Waals surface area contributed by atoms with Crippen LogP contribution in [-0.2, 0) is 6.54 Å². The van der Waals surface area contributed by atoms with Gasteiger partial charge in [0.25, 0.3) is 0 Å². The molecule has 1 N–H and O–H groups in total. The van der Waals surface area contributed by atoms with Gasteiger partial charge in [-0.25, -0.2) is 0 Å². The van der Waals surface area contributed by atoms with Gasteiger partial charge in [0.05, 0.1) is 0 Å². The van der Waals surface area contributed by atoms with Gasteiger partial charge in [-0.3, -0.25) is 0 Å². The van der Waals surface area contributed by atoms with E-state index in [2.05, 4.69) is 58.2 Å². The van der Waals surface area contributed by atoms with Crippen LogP contribution in [0.25, 0.3) is 0 Å². The normalized spacial score (nSPS) is 16.1. The van der Waals surface area contributed by atoms with Crippen molar-refractivity contribution in [1.29, 1.82) is 0 Å². The smallest absolute Gasteiger partial charge is 0.0440 e. The molecule has 2 nitrogen and oxygen atoms in total. The molecule has 1 unspecified atom stereocenters. The molecule has 1 fully saturated rings. The highest BCUT2D eigenvalue weighted by atomic mass is 32.1.